The molecule has 1 amide bonds. The fourth-order valence-electron chi connectivity index (χ4n) is 2.52. The standard InChI is InChI=1S/C20H20N2O3S2/c1-4-26-15-7-5-6-14(10-15)19(23)22-20-21-16(12-27-20)13-8-9-17(24-2)18(11-13)25-3/h5-12H,4H2,1-3H3,(H,21,22,23). The fourth-order valence-corrected chi connectivity index (χ4v) is 3.96. The molecule has 0 saturated heterocycles. The Morgan fingerprint density at radius 2 is 1.96 bits per heavy atom. The summed E-state index contributed by atoms with van der Waals surface area (Å²) in [5.41, 5.74) is 2.29. The predicted octanol–water partition coefficient (Wildman–Crippen LogP) is 5.19. The monoisotopic (exact) mass is 400 g/mol. The molecule has 0 saturated carbocycles. The number of nitrogens with one attached hydrogen (secondary N) is 1. The highest BCUT2D eigenvalue weighted by Gasteiger charge is 2.12. The first-order valence-corrected chi connectivity index (χ1v) is 10.2. The zero-order chi connectivity index (χ0) is 19.2. The van der Waals surface area contributed by atoms with E-state index in [1.54, 1.807) is 32.0 Å². The Morgan fingerprint density at radius 1 is 1.15 bits per heavy atom. The van der Waals surface area contributed by atoms with Gasteiger partial charge < -0.3 is 9.47 Å². The third-order valence-corrected chi connectivity index (χ3v) is 5.44. The number of anilines is 1. The van der Waals surface area contributed by atoms with Crippen LogP contribution in [0.25, 0.3) is 11.3 Å². The molecule has 0 unspecified atom stereocenters. The lowest BCUT2D eigenvalue weighted by Gasteiger charge is -2.08. The highest BCUT2D eigenvalue weighted by atomic mass is 32.2. The van der Waals surface area contributed by atoms with Gasteiger partial charge in [-0.1, -0.05) is 13.0 Å². The maximum atomic E-state index is 12.5. The minimum absolute atomic E-state index is 0.165. The zero-order valence-electron chi connectivity index (χ0n) is 15.3. The van der Waals surface area contributed by atoms with Crippen molar-refractivity contribution in [2.24, 2.45) is 0 Å². The van der Waals surface area contributed by atoms with Gasteiger partial charge in [-0.25, -0.2) is 4.98 Å². The van der Waals surface area contributed by atoms with E-state index in [4.69, 9.17) is 9.47 Å². The van der Waals surface area contributed by atoms with Crippen molar-refractivity contribution in [3.05, 3.63) is 53.4 Å². The van der Waals surface area contributed by atoms with Gasteiger partial charge in [-0.3, -0.25) is 10.1 Å². The molecular formula is C20H20N2O3S2. The topological polar surface area (TPSA) is 60.5 Å². The van der Waals surface area contributed by atoms with Crippen LogP contribution >= 0.6 is 23.1 Å². The number of aromatic nitrogens is 1. The van der Waals surface area contributed by atoms with Crippen LogP contribution in [0.2, 0.25) is 0 Å². The number of hydrogen-bond donors (Lipinski definition) is 1. The van der Waals surface area contributed by atoms with E-state index in [0.717, 1.165) is 21.9 Å². The number of ether oxygens (including phenoxy) is 2. The number of rotatable bonds is 7. The number of carbonyl (C=O) groups is 1. The summed E-state index contributed by atoms with van der Waals surface area (Å²) in [6.07, 6.45) is 0. The van der Waals surface area contributed by atoms with Crippen LogP contribution in [0.1, 0.15) is 17.3 Å². The van der Waals surface area contributed by atoms with E-state index in [2.05, 4.69) is 17.2 Å². The summed E-state index contributed by atoms with van der Waals surface area (Å²) >= 11 is 3.09. The number of hydrogen-bond acceptors (Lipinski definition) is 6. The van der Waals surface area contributed by atoms with E-state index in [1.807, 2.05) is 41.8 Å². The molecule has 1 heterocycles. The van der Waals surface area contributed by atoms with E-state index in [-0.39, 0.29) is 5.91 Å². The van der Waals surface area contributed by atoms with Crippen molar-refractivity contribution in [1.82, 2.24) is 4.98 Å². The van der Waals surface area contributed by atoms with E-state index in [9.17, 15) is 4.79 Å². The van der Waals surface area contributed by atoms with Crippen molar-refractivity contribution in [2.45, 2.75) is 11.8 Å². The van der Waals surface area contributed by atoms with Gasteiger partial charge in [-0.05, 0) is 42.2 Å². The first-order valence-electron chi connectivity index (χ1n) is 8.36. The van der Waals surface area contributed by atoms with Crippen LogP contribution in [0, 0.1) is 0 Å². The fraction of sp³-hybridized carbons (Fsp3) is 0.200. The maximum absolute atomic E-state index is 12.5. The van der Waals surface area contributed by atoms with Crippen LogP contribution in [0.5, 0.6) is 11.5 Å². The average Bonchev–Trinajstić information content (AvgIpc) is 3.16. The SMILES string of the molecule is CCSc1cccc(C(=O)Nc2nc(-c3ccc(OC)c(OC)c3)cs2)c1. The summed E-state index contributed by atoms with van der Waals surface area (Å²) in [5, 5.41) is 5.33. The number of benzene rings is 2. The largest absolute Gasteiger partial charge is 0.493 e. The van der Waals surface area contributed by atoms with Gasteiger partial charge in [0.2, 0.25) is 0 Å². The minimum Gasteiger partial charge on any atom is -0.493 e. The van der Waals surface area contributed by atoms with Gasteiger partial charge in [0, 0.05) is 21.4 Å². The van der Waals surface area contributed by atoms with Crippen LogP contribution in [0.4, 0.5) is 5.13 Å². The highest BCUT2D eigenvalue weighted by Crippen LogP contribution is 2.33. The molecule has 0 bridgehead atoms. The van der Waals surface area contributed by atoms with Gasteiger partial charge in [0.25, 0.3) is 5.91 Å². The first-order chi connectivity index (χ1) is 13.1. The molecule has 0 aliphatic carbocycles. The van der Waals surface area contributed by atoms with Crippen LogP contribution in [-0.2, 0) is 0 Å². The number of thiazole rings is 1. The van der Waals surface area contributed by atoms with Gasteiger partial charge in [0.1, 0.15) is 0 Å². The minimum atomic E-state index is -0.165. The molecule has 0 aliphatic heterocycles. The molecule has 0 aliphatic rings. The van der Waals surface area contributed by atoms with Crippen LogP contribution in [0.3, 0.4) is 0 Å². The molecule has 0 radical (unpaired) electrons. The highest BCUT2D eigenvalue weighted by molar-refractivity contribution is 7.99. The second-order valence-electron chi connectivity index (χ2n) is 5.52. The smallest absolute Gasteiger partial charge is 0.257 e. The summed E-state index contributed by atoms with van der Waals surface area (Å²) in [5.74, 6) is 2.10. The molecule has 1 aromatic heterocycles. The number of amides is 1. The third kappa shape index (κ3) is 4.61. The number of methoxy groups -OCH3 is 2. The van der Waals surface area contributed by atoms with Crippen molar-refractivity contribution < 1.29 is 14.3 Å². The van der Waals surface area contributed by atoms with Crippen molar-refractivity contribution >= 4 is 34.1 Å². The Balaban J connectivity index is 1.76. The Bertz CT molecular complexity index is 940. The van der Waals surface area contributed by atoms with Crippen molar-refractivity contribution in [1.29, 1.82) is 0 Å². The van der Waals surface area contributed by atoms with Gasteiger partial charge in [-0.2, -0.15) is 0 Å². The van der Waals surface area contributed by atoms with E-state index in [1.165, 1.54) is 11.3 Å². The lowest BCUT2D eigenvalue weighted by molar-refractivity contribution is 0.102. The van der Waals surface area contributed by atoms with E-state index < -0.39 is 0 Å². The van der Waals surface area contributed by atoms with Crippen LogP contribution in [-0.4, -0.2) is 30.9 Å². The van der Waals surface area contributed by atoms with Gasteiger partial charge in [0.05, 0.1) is 19.9 Å². The number of thioether (sulfide) groups is 1. The number of carbonyl (C=O) groups excluding carboxylic acids is 1. The van der Waals surface area contributed by atoms with Gasteiger partial charge >= 0.3 is 0 Å². The molecule has 0 spiro atoms. The lowest BCUT2D eigenvalue weighted by Crippen LogP contribution is -2.11. The molecule has 5 nitrogen and oxygen atoms in total. The summed E-state index contributed by atoms with van der Waals surface area (Å²) in [7, 11) is 3.20. The Labute approximate surface area is 166 Å². The van der Waals surface area contributed by atoms with Gasteiger partial charge in [0.15, 0.2) is 16.6 Å². The molecule has 140 valence electrons. The molecule has 2 aromatic carbocycles. The number of nitrogens with zero attached hydrogens (tertiary/aromatic N) is 1. The molecule has 27 heavy (non-hydrogen) atoms. The predicted molar refractivity (Wildman–Crippen MR) is 111 cm³/mol. The first kappa shape index (κ1) is 19.3. The average molecular weight is 401 g/mol. The molecule has 0 atom stereocenters. The summed E-state index contributed by atoms with van der Waals surface area (Å²) in [6, 6.07) is 13.2. The third-order valence-electron chi connectivity index (χ3n) is 3.81. The summed E-state index contributed by atoms with van der Waals surface area (Å²) < 4.78 is 10.6. The molecular weight excluding hydrogens is 380 g/mol. The zero-order valence-corrected chi connectivity index (χ0v) is 16.9. The second kappa shape index (κ2) is 8.92. The van der Waals surface area contributed by atoms with E-state index in [0.29, 0.717) is 22.2 Å². The Kier molecular flexibility index (Phi) is 6.36. The summed E-state index contributed by atoms with van der Waals surface area (Å²) in [4.78, 5) is 18.1. The molecule has 1 N–H and O–H groups in total. The van der Waals surface area contributed by atoms with Crippen LogP contribution in [0.15, 0.2) is 52.7 Å². The lowest BCUT2D eigenvalue weighted by atomic mass is 10.1. The maximum Gasteiger partial charge on any atom is 0.257 e. The molecule has 7 heteroatoms. The quantitative estimate of drug-likeness (QED) is 0.553. The normalized spacial score (nSPS) is 10.5. The molecule has 0 fully saturated rings. The summed E-state index contributed by atoms with van der Waals surface area (Å²) in [6.45, 7) is 2.09. The second-order valence-corrected chi connectivity index (χ2v) is 7.72. The Morgan fingerprint density at radius 3 is 2.70 bits per heavy atom. The van der Waals surface area contributed by atoms with Crippen molar-refractivity contribution in [2.75, 3.05) is 25.3 Å². The van der Waals surface area contributed by atoms with Crippen molar-refractivity contribution in [3.8, 4) is 22.8 Å². The van der Waals surface area contributed by atoms with Gasteiger partial charge in [-0.15, -0.1) is 23.1 Å². The van der Waals surface area contributed by atoms with Crippen LogP contribution < -0.4 is 14.8 Å². The molecule has 3 aromatic rings. The van der Waals surface area contributed by atoms with E-state index >= 15 is 0 Å². The van der Waals surface area contributed by atoms with Crippen molar-refractivity contribution in [3.63, 3.8) is 0 Å². The molecule has 3 rings (SSSR count). The Hall–Kier alpha value is -2.51.